The summed E-state index contributed by atoms with van der Waals surface area (Å²) in [6.45, 7) is 5.61. The Morgan fingerprint density at radius 3 is 2.75 bits per heavy atom. The van der Waals surface area contributed by atoms with Crippen LogP contribution in [0.5, 0.6) is 0 Å². The van der Waals surface area contributed by atoms with E-state index in [1.165, 1.54) is 0 Å². The maximum atomic E-state index is 12.4. The molecule has 0 radical (unpaired) electrons. The number of rotatable bonds is 4. The van der Waals surface area contributed by atoms with Gasteiger partial charge in [-0.25, -0.2) is 8.42 Å². The first kappa shape index (κ1) is 16.7. The van der Waals surface area contributed by atoms with Crippen LogP contribution in [0.15, 0.2) is 33.7 Å². The number of hydrogen-bond donors (Lipinski definition) is 1. The van der Waals surface area contributed by atoms with Crippen LogP contribution < -0.4 is 5.32 Å². The fourth-order valence-electron chi connectivity index (χ4n) is 3.40. The molecule has 0 unspecified atom stereocenters. The van der Waals surface area contributed by atoms with E-state index >= 15 is 0 Å². The Kier molecular flexibility index (Phi) is 4.21. The second-order valence-corrected chi connectivity index (χ2v) is 8.29. The third-order valence-corrected chi connectivity index (χ3v) is 6.24. The third kappa shape index (κ3) is 2.96. The number of fused-ring (bicyclic) bond motifs is 1. The van der Waals surface area contributed by atoms with Crippen LogP contribution in [-0.2, 0) is 14.6 Å². The van der Waals surface area contributed by atoms with Crippen molar-refractivity contribution in [2.24, 2.45) is 0 Å². The number of nitrogens with zero attached hydrogens (tertiary/aromatic N) is 1. The first-order valence-corrected chi connectivity index (χ1v) is 9.48. The van der Waals surface area contributed by atoms with Crippen LogP contribution in [-0.4, -0.2) is 25.2 Å². The summed E-state index contributed by atoms with van der Waals surface area (Å²) in [6, 6.07) is 6.33. The summed E-state index contributed by atoms with van der Waals surface area (Å²) in [6.07, 6.45) is 0.252. The first-order chi connectivity index (χ1) is 11.3. The fraction of sp³-hybridized carbons (Fsp3) is 0.412. The van der Waals surface area contributed by atoms with Crippen molar-refractivity contribution in [3.63, 3.8) is 0 Å². The molecule has 1 aromatic carbocycles. The predicted molar refractivity (Wildman–Crippen MR) is 88.4 cm³/mol. The number of nitrogens with one attached hydrogen (secondary N) is 1. The molecule has 1 aromatic heterocycles. The van der Waals surface area contributed by atoms with E-state index in [1.807, 2.05) is 20.8 Å². The number of amides is 1. The minimum atomic E-state index is -3.33. The molecule has 0 saturated heterocycles. The molecule has 0 aliphatic carbocycles. The van der Waals surface area contributed by atoms with Gasteiger partial charge in [-0.05, 0) is 31.4 Å². The summed E-state index contributed by atoms with van der Waals surface area (Å²) < 4.78 is 29.5. The molecule has 24 heavy (non-hydrogen) atoms. The average Bonchev–Trinajstić information content (AvgIpc) is 2.97. The largest absolute Gasteiger partial charge is 0.361 e. The summed E-state index contributed by atoms with van der Waals surface area (Å²) in [5, 5.41) is 6.76. The zero-order chi connectivity index (χ0) is 17.5. The zero-order valence-electron chi connectivity index (χ0n) is 13.9. The Bertz CT molecular complexity index is 866. The number of carbonyl (C=O) groups is 1. The molecule has 2 atom stereocenters. The lowest BCUT2D eigenvalue weighted by Gasteiger charge is -2.15. The molecule has 0 bridgehead atoms. The summed E-state index contributed by atoms with van der Waals surface area (Å²) in [4.78, 5) is 12.7. The molecule has 1 aliphatic heterocycles. The van der Waals surface area contributed by atoms with Crippen molar-refractivity contribution in [1.82, 2.24) is 10.5 Å². The second-order valence-electron chi connectivity index (χ2n) is 6.28. The average molecular weight is 348 g/mol. The maximum Gasteiger partial charge on any atom is 0.221 e. The van der Waals surface area contributed by atoms with Gasteiger partial charge in [0, 0.05) is 12.0 Å². The highest BCUT2D eigenvalue weighted by Crippen LogP contribution is 2.33. The molecule has 0 saturated carbocycles. The minimum absolute atomic E-state index is 0.0514. The number of sulfone groups is 1. The van der Waals surface area contributed by atoms with E-state index in [-0.39, 0.29) is 24.0 Å². The van der Waals surface area contributed by atoms with E-state index in [0.717, 1.165) is 11.3 Å². The first-order valence-electron chi connectivity index (χ1n) is 7.83. The number of aromatic nitrogens is 1. The molecule has 6 nitrogen and oxygen atoms in total. The van der Waals surface area contributed by atoms with Crippen LogP contribution in [0.25, 0.3) is 0 Å². The Morgan fingerprint density at radius 2 is 2.08 bits per heavy atom. The Labute approximate surface area is 141 Å². The number of aryl methyl sites for hydroxylation is 2. The molecular formula is C17H20N2O4S. The van der Waals surface area contributed by atoms with Gasteiger partial charge in [0.2, 0.25) is 5.91 Å². The van der Waals surface area contributed by atoms with Crippen molar-refractivity contribution >= 4 is 15.7 Å². The van der Waals surface area contributed by atoms with Crippen LogP contribution in [0.1, 0.15) is 47.9 Å². The molecule has 1 aliphatic rings. The van der Waals surface area contributed by atoms with E-state index in [1.54, 1.807) is 24.3 Å². The van der Waals surface area contributed by atoms with Gasteiger partial charge in [0.1, 0.15) is 5.76 Å². The van der Waals surface area contributed by atoms with Crippen LogP contribution in [0.4, 0.5) is 0 Å². The van der Waals surface area contributed by atoms with Crippen molar-refractivity contribution < 1.29 is 17.7 Å². The van der Waals surface area contributed by atoms with E-state index in [0.29, 0.717) is 16.2 Å². The molecular weight excluding hydrogens is 328 g/mol. The Hall–Kier alpha value is -2.15. The standard InChI is InChI=1S/C17H20N2O4S/c1-10(17-11(2)19-23-12(17)3)8-16(20)18-14-9-24(21,22)15-7-5-4-6-13(14)15/h4-7,10,14H,8-9H2,1-3H3,(H,18,20)/t10-,14+/m1/s1. The molecule has 2 aromatic rings. The SMILES string of the molecule is Cc1noc(C)c1[C@H](C)CC(=O)N[C@H]1CS(=O)(=O)c2ccccc21. The van der Waals surface area contributed by atoms with Gasteiger partial charge in [0.25, 0.3) is 0 Å². The second kappa shape index (κ2) is 6.05. The predicted octanol–water partition coefficient (Wildman–Crippen LogP) is 2.43. The number of hydrogen-bond acceptors (Lipinski definition) is 5. The Balaban J connectivity index is 1.73. The molecule has 3 rings (SSSR count). The highest BCUT2D eigenvalue weighted by atomic mass is 32.2. The number of benzene rings is 1. The minimum Gasteiger partial charge on any atom is -0.361 e. The van der Waals surface area contributed by atoms with E-state index in [2.05, 4.69) is 10.5 Å². The monoisotopic (exact) mass is 348 g/mol. The molecule has 0 spiro atoms. The third-order valence-electron chi connectivity index (χ3n) is 4.42. The molecule has 1 N–H and O–H groups in total. The molecule has 2 heterocycles. The van der Waals surface area contributed by atoms with Gasteiger partial charge in [-0.3, -0.25) is 4.79 Å². The molecule has 0 fully saturated rings. The normalized spacial score (nSPS) is 19.7. The van der Waals surface area contributed by atoms with Crippen molar-refractivity contribution in [3.8, 4) is 0 Å². The smallest absolute Gasteiger partial charge is 0.221 e. The zero-order valence-corrected chi connectivity index (χ0v) is 14.7. The quantitative estimate of drug-likeness (QED) is 0.916. The molecule has 7 heteroatoms. The van der Waals surface area contributed by atoms with E-state index in [4.69, 9.17) is 4.52 Å². The Morgan fingerprint density at radius 1 is 1.38 bits per heavy atom. The summed E-state index contributed by atoms with van der Waals surface area (Å²) >= 11 is 0. The summed E-state index contributed by atoms with van der Waals surface area (Å²) in [7, 11) is -3.33. The van der Waals surface area contributed by atoms with E-state index in [9.17, 15) is 13.2 Å². The highest BCUT2D eigenvalue weighted by Gasteiger charge is 2.35. The van der Waals surface area contributed by atoms with Gasteiger partial charge in [0.05, 0.1) is 22.4 Å². The van der Waals surface area contributed by atoms with Crippen LogP contribution >= 0.6 is 0 Å². The topological polar surface area (TPSA) is 89.3 Å². The van der Waals surface area contributed by atoms with Crippen LogP contribution in [0, 0.1) is 13.8 Å². The van der Waals surface area contributed by atoms with Gasteiger partial charge in [-0.1, -0.05) is 30.3 Å². The van der Waals surface area contributed by atoms with Gasteiger partial charge in [-0.2, -0.15) is 0 Å². The number of carbonyl (C=O) groups excluding carboxylic acids is 1. The van der Waals surface area contributed by atoms with Gasteiger partial charge in [-0.15, -0.1) is 0 Å². The highest BCUT2D eigenvalue weighted by molar-refractivity contribution is 7.91. The van der Waals surface area contributed by atoms with Crippen molar-refractivity contribution in [1.29, 1.82) is 0 Å². The maximum absolute atomic E-state index is 12.4. The van der Waals surface area contributed by atoms with E-state index < -0.39 is 15.9 Å². The van der Waals surface area contributed by atoms with Gasteiger partial charge in [0.15, 0.2) is 9.84 Å². The fourth-order valence-corrected chi connectivity index (χ4v) is 5.13. The molecule has 1 amide bonds. The lowest BCUT2D eigenvalue weighted by Crippen LogP contribution is -2.30. The van der Waals surface area contributed by atoms with Crippen molar-refractivity contribution in [2.45, 2.75) is 44.0 Å². The summed E-state index contributed by atoms with van der Waals surface area (Å²) in [5.41, 5.74) is 2.38. The van der Waals surface area contributed by atoms with Crippen LogP contribution in [0.3, 0.4) is 0 Å². The summed E-state index contributed by atoms with van der Waals surface area (Å²) in [5.74, 6) is 0.392. The van der Waals surface area contributed by atoms with Gasteiger partial charge < -0.3 is 9.84 Å². The van der Waals surface area contributed by atoms with Crippen LogP contribution in [0.2, 0.25) is 0 Å². The lowest BCUT2D eigenvalue weighted by molar-refractivity contribution is -0.122. The van der Waals surface area contributed by atoms with Crippen molar-refractivity contribution in [3.05, 3.63) is 46.8 Å². The lowest BCUT2D eigenvalue weighted by atomic mass is 9.95. The molecule has 128 valence electrons. The van der Waals surface area contributed by atoms with Crippen molar-refractivity contribution in [2.75, 3.05) is 5.75 Å². The van der Waals surface area contributed by atoms with Gasteiger partial charge >= 0.3 is 0 Å².